The molecule has 30 heavy (non-hydrogen) atoms. The summed E-state index contributed by atoms with van der Waals surface area (Å²) >= 11 is 0. The first kappa shape index (κ1) is 19.7. The van der Waals surface area contributed by atoms with Gasteiger partial charge in [-0.2, -0.15) is 0 Å². The van der Waals surface area contributed by atoms with E-state index in [0.717, 1.165) is 12.0 Å². The van der Waals surface area contributed by atoms with Crippen LogP contribution in [0.4, 0.5) is 4.39 Å². The molecule has 0 radical (unpaired) electrons. The average Bonchev–Trinajstić information content (AvgIpc) is 2.77. The van der Waals surface area contributed by atoms with Crippen LogP contribution in [-0.2, 0) is 10.4 Å². The summed E-state index contributed by atoms with van der Waals surface area (Å²) in [6.45, 7) is 2.66. The maximum absolute atomic E-state index is 14.6. The summed E-state index contributed by atoms with van der Waals surface area (Å²) < 4.78 is 19.6. The average molecular weight is 404 g/mol. The summed E-state index contributed by atoms with van der Waals surface area (Å²) in [4.78, 5) is 0. The number of fused-ring (bicyclic) bond motifs is 1. The van der Waals surface area contributed by atoms with Gasteiger partial charge in [0.15, 0.2) is 5.67 Å². The van der Waals surface area contributed by atoms with E-state index in [9.17, 15) is 4.39 Å². The molecular formula is C27H30FNO. The predicted octanol–water partition coefficient (Wildman–Crippen LogP) is 6.41. The van der Waals surface area contributed by atoms with E-state index in [1.807, 2.05) is 12.1 Å². The van der Waals surface area contributed by atoms with E-state index < -0.39 is 5.67 Å². The molecule has 1 saturated heterocycles. The summed E-state index contributed by atoms with van der Waals surface area (Å²) in [6.07, 6.45) is 4.80. The fraction of sp³-hybridized carbons (Fsp3) is 0.407. The molecule has 0 aromatic heterocycles. The fourth-order valence-corrected chi connectivity index (χ4v) is 5.22. The van der Waals surface area contributed by atoms with Gasteiger partial charge in [-0.05, 0) is 59.6 Å². The molecule has 3 atom stereocenters. The Kier molecular flexibility index (Phi) is 5.34. The quantitative estimate of drug-likeness (QED) is 0.531. The number of rotatable bonds is 5. The predicted molar refractivity (Wildman–Crippen MR) is 121 cm³/mol. The van der Waals surface area contributed by atoms with Crippen molar-refractivity contribution in [3.8, 4) is 0 Å². The summed E-state index contributed by atoms with van der Waals surface area (Å²) in [6, 6.07) is 24.2. The van der Waals surface area contributed by atoms with Crippen LogP contribution in [0.3, 0.4) is 0 Å². The van der Waals surface area contributed by atoms with Crippen LogP contribution in [0.5, 0.6) is 0 Å². The number of benzene rings is 3. The molecule has 0 bridgehead atoms. The van der Waals surface area contributed by atoms with Crippen LogP contribution in [0.2, 0.25) is 0 Å². The standard InChI is InChI=1S/C27H30FNO/c1-19(25-11-5-7-21-6-2-3-10-26(21)25)29-24-9-4-8-22(16-24)20-12-14-23(15-13-20)27(28)17-30-18-27/h2-3,5-7,10-15,19,22,24,29H,4,8-9,16-18H2,1H3. The molecule has 3 heteroatoms. The molecule has 3 aromatic rings. The lowest BCUT2D eigenvalue weighted by molar-refractivity contribution is -0.135. The van der Waals surface area contributed by atoms with Crippen molar-refractivity contribution in [3.05, 3.63) is 83.4 Å². The van der Waals surface area contributed by atoms with Gasteiger partial charge in [0.05, 0.1) is 13.2 Å². The Labute approximate surface area is 178 Å². The highest BCUT2D eigenvalue weighted by atomic mass is 19.1. The number of hydrogen-bond donors (Lipinski definition) is 1. The summed E-state index contributed by atoms with van der Waals surface area (Å²) in [5, 5.41) is 6.54. The molecule has 2 nitrogen and oxygen atoms in total. The van der Waals surface area contributed by atoms with Gasteiger partial charge < -0.3 is 10.1 Å². The van der Waals surface area contributed by atoms with Crippen LogP contribution >= 0.6 is 0 Å². The molecule has 2 fully saturated rings. The molecule has 1 heterocycles. The lowest BCUT2D eigenvalue weighted by atomic mass is 9.80. The largest absolute Gasteiger partial charge is 0.374 e. The van der Waals surface area contributed by atoms with Crippen molar-refractivity contribution in [3.63, 3.8) is 0 Å². The third kappa shape index (κ3) is 3.77. The molecule has 2 aliphatic rings. The van der Waals surface area contributed by atoms with Gasteiger partial charge in [0.1, 0.15) is 0 Å². The number of alkyl halides is 1. The van der Waals surface area contributed by atoms with Gasteiger partial charge in [-0.1, -0.05) is 73.2 Å². The minimum absolute atomic E-state index is 0.188. The van der Waals surface area contributed by atoms with E-state index in [-0.39, 0.29) is 13.2 Å². The van der Waals surface area contributed by atoms with Crippen LogP contribution in [0.1, 0.15) is 61.3 Å². The van der Waals surface area contributed by atoms with Crippen molar-refractivity contribution in [1.29, 1.82) is 0 Å². The highest BCUT2D eigenvalue weighted by Crippen LogP contribution is 2.37. The number of ether oxygens (including phenoxy) is 1. The van der Waals surface area contributed by atoms with Crippen LogP contribution in [0.25, 0.3) is 10.8 Å². The van der Waals surface area contributed by atoms with Crippen molar-refractivity contribution in [1.82, 2.24) is 5.32 Å². The van der Waals surface area contributed by atoms with E-state index in [2.05, 4.69) is 66.8 Å². The molecule has 1 saturated carbocycles. The smallest absolute Gasteiger partial charge is 0.182 e. The summed E-state index contributed by atoms with van der Waals surface area (Å²) in [7, 11) is 0. The molecule has 5 rings (SSSR count). The number of hydrogen-bond acceptors (Lipinski definition) is 2. The molecule has 3 unspecified atom stereocenters. The number of halogens is 1. The Balaban J connectivity index is 1.27. The zero-order chi connectivity index (χ0) is 20.6. The van der Waals surface area contributed by atoms with E-state index >= 15 is 0 Å². The lowest BCUT2D eigenvalue weighted by Crippen LogP contribution is -2.42. The molecule has 156 valence electrons. The summed E-state index contributed by atoms with van der Waals surface area (Å²) in [5.74, 6) is 0.540. The second-order valence-corrected chi connectivity index (χ2v) is 9.10. The lowest BCUT2D eigenvalue weighted by Gasteiger charge is -2.35. The first-order chi connectivity index (χ1) is 14.6. The zero-order valence-electron chi connectivity index (χ0n) is 17.6. The maximum Gasteiger partial charge on any atom is 0.182 e. The van der Waals surface area contributed by atoms with Gasteiger partial charge in [-0.15, -0.1) is 0 Å². The van der Waals surface area contributed by atoms with Gasteiger partial charge in [0.25, 0.3) is 0 Å². The normalized spacial score (nSPS) is 24.3. The first-order valence-electron chi connectivity index (χ1n) is 11.2. The monoisotopic (exact) mass is 403 g/mol. The van der Waals surface area contributed by atoms with Gasteiger partial charge in [-0.25, -0.2) is 4.39 Å². The minimum Gasteiger partial charge on any atom is -0.374 e. The molecule has 3 aromatic carbocycles. The van der Waals surface area contributed by atoms with Crippen molar-refractivity contribution >= 4 is 10.8 Å². The third-order valence-electron chi connectivity index (χ3n) is 7.01. The first-order valence-corrected chi connectivity index (χ1v) is 11.2. The van der Waals surface area contributed by atoms with Crippen molar-refractivity contribution in [2.24, 2.45) is 0 Å². The molecular weight excluding hydrogens is 373 g/mol. The van der Waals surface area contributed by atoms with Gasteiger partial charge in [0, 0.05) is 12.1 Å². The molecule has 1 aliphatic carbocycles. The van der Waals surface area contributed by atoms with E-state index in [4.69, 9.17) is 4.74 Å². The van der Waals surface area contributed by atoms with Crippen molar-refractivity contribution in [2.75, 3.05) is 13.2 Å². The Bertz CT molecular complexity index is 1010. The van der Waals surface area contributed by atoms with Gasteiger partial charge >= 0.3 is 0 Å². The van der Waals surface area contributed by atoms with E-state index in [1.54, 1.807) is 0 Å². The zero-order valence-corrected chi connectivity index (χ0v) is 17.6. The molecule has 1 aliphatic heterocycles. The minimum atomic E-state index is -1.27. The Morgan fingerprint density at radius 3 is 2.50 bits per heavy atom. The van der Waals surface area contributed by atoms with Crippen molar-refractivity contribution < 1.29 is 9.13 Å². The van der Waals surface area contributed by atoms with Crippen LogP contribution in [0, 0.1) is 0 Å². The highest BCUT2D eigenvalue weighted by molar-refractivity contribution is 5.86. The summed E-state index contributed by atoms with van der Waals surface area (Å²) in [5.41, 5.74) is 2.19. The van der Waals surface area contributed by atoms with Crippen molar-refractivity contribution in [2.45, 2.75) is 56.3 Å². The topological polar surface area (TPSA) is 21.3 Å². The highest BCUT2D eigenvalue weighted by Gasteiger charge is 2.40. The Morgan fingerprint density at radius 2 is 1.73 bits per heavy atom. The Morgan fingerprint density at radius 1 is 0.967 bits per heavy atom. The SMILES string of the molecule is CC(NC1CCCC(c2ccc(C3(F)COC3)cc2)C1)c1cccc2ccccc12. The van der Waals surface area contributed by atoms with E-state index in [1.165, 1.54) is 41.2 Å². The van der Waals surface area contributed by atoms with Gasteiger partial charge in [-0.3, -0.25) is 0 Å². The molecule has 1 N–H and O–H groups in total. The maximum atomic E-state index is 14.6. The van der Waals surface area contributed by atoms with Gasteiger partial charge in [0.2, 0.25) is 0 Å². The fourth-order valence-electron chi connectivity index (χ4n) is 5.22. The third-order valence-corrected chi connectivity index (χ3v) is 7.01. The van der Waals surface area contributed by atoms with Crippen LogP contribution in [-0.4, -0.2) is 19.3 Å². The van der Waals surface area contributed by atoms with Crippen LogP contribution < -0.4 is 5.32 Å². The van der Waals surface area contributed by atoms with Crippen LogP contribution in [0.15, 0.2) is 66.7 Å². The second kappa shape index (κ2) is 8.13. The molecule has 0 spiro atoms. The Hall–Kier alpha value is -2.23. The second-order valence-electron chi connectivity index (χ2n) is 9.10. The molecule has 0 amide bonds. The number of nitrogens with one attached hydrogen (secondary N) is 1. The van der Waals surface area contributed by atoms with E-state index in [0.29, 0.717) is 18.0 Å².